The fourth-order valence-electron chi connectivity index (χ4n) is 5.96. The second-order valence-corrected chi connectivity index (χ2v) is 15.6. The molecule has 0 heterocycles. The van der Waals surface area contributed by atoms with E-state index in [1.54, 1.807) is 0 Å². The molecule has 1 aromatic rings. The summed E-state index contributed by atoms with van der Waals surface area (Å²) in [7, 11) is 0. The zero-order valence-electron chi connectivity index (χ0n) is 23.3. The first kappa shape index (κ1) is 27.3. The van der Waals surface area contributed by atoms with Gasteiger partial charge in [0.15, 0.2) is 0 Å². The summed E-state index contributed by atoms with van der Waals surface area (Å²) in [6.07, 6.45) is 3.47. The average Bonchev–Trinajstić information content (AvgIpc) is 2.39. The summed E-state index contributed by atoms with van der Waals surface area (Å²) in [5.41, 5.74) is 5.44. The molecule has 0 N–H and O–H groups in total. The third kappa shape index (κ3) is 8.39. The smallest absolute Gasteiger partial charge is 0.00922 e. The van der Waals surface area contributed by atoms with E-state index >= 15 is 0 Å². The summed E-state index contributed by atoms with van der Waals surface area (Å²) in [5, 5.41) is 0. The van der Waals surface area contributed by atoms with Crippen molar-refractivity contribution in [2.75, 3.05) is 0 Å². The van der Waals surface area contributed by atoms with Gasteiger partial charge in [-0.05, 0) is 74.5 Å². The molecular weight excluding hydrogens is 360 g/mol. The Labute approximate surface area is 190 Å². The molecule has 0 bridgehead atoms. The Bertz CT molecular complexity index is 594. The predicted octanol–water partition coefficient (Wildman–Crippen LogP) is 9.63. The molecule has 0 aliphatic heterocycles. The van der Waals surface area contributed by atoms with E-state index in [1.807, 2.05) is 0 Å². The van der Waals surface area contributed by atoms with Crippen LogP contribution in [0.2, 0.25) is 0 Å². The lowest BCUT2D eigenvalue weighted by Crippen LogP contribution is -2.31. The van der Waals surface area contributed by atoms with E-state index in [0.717, 1.165) is 12.8 Å². The van der Waals surface area contributed by atoms with Gasteiger partial charge in [0, 0.05) is 0 Å². The lowest BCUT2D eigenvalue weighted by atomic mass is 9.65. The van der Waals surface area contributed by atoms with Crippen LogP contribution in [0.4, 0.5) is 0 Å². The Morgan fingerprint density at radius 2 is 0.733 bits per heavy atom. The van der Waals surface area contributed by atoms with Crippen LogP contribution in [-0.2, 0) is 16.2 Å². The van der Waals surface area contributed by atoms with Crippen LogP contribution >= 0.6 is 0 Å². The van der Waals surface area contributed by atoms with Gasteiger partial charge in [0.05, 0.1) is 0 Å². The Morgan fingerprint density at radius 3 is 1.00 bits per heavy atom. The van der Waals surface area contributed by atoms with Crippen LogP contribution in [0.5, 0.6) is 0 Å². The summed E-state index contributed by atoms with van der Waals surface area (Å²) in [6.45, 7) is 35.7. The van der Waals surface area contributed by atoms with E-state index in [4.69, 9.17) is 0 Å². The third-order valence-corrected chi connectivity index (χ3v) is 6.03. The van der Waals surface area contributed by atoms with Gasteiger partial charge in [-0.25, -0.2) is 0 Å². The highest BCUT2D eigenvalue weighted by atomic mass is 14.4. The Morgan fingerprint density at radius 1 is 0.467 bits per heavy atom. The first-order valence-electron chi connectivity index (χ1n) is 12.0. The minimum atomic E-state index is 0.0959. The van der Waals surface area contributed by atoms with Crippen molar-refractivity contribution in [1.29, 1.82) is 0 Å². The molecule has 0 saturated heterocycles. The Kier molecular flexibility index (Phi) is 7.53. The first-order chi connectivity index (χ1) is 12.9. The van der Waals surface area contributed by atoms with Gasteiger partial charge in [-0.1, -0.05) is 116 Å². The van der Waals surface area contributed by atoms with Gasteiger partial charge in [-0.2, -0.15) is 0 Å². The molecule has 1 radical (unpaired) electrons. The SMILES string of the molecule is CC(C)(C)CC(C)(C)c1[c]c(C(C)(C)CC(C)(C)C)cc(C(C)(C)CC(C)(C)C)c1. The van der Waals surface area contributed by atoms with Crippen molar-refractivity contribution in [1.82, 2.24) is 0 Å². The monoisotopic (exact) mass is 413 g/mol. The molecule has 0 spiro atoms. The fraction of sp³-hybridized carbons (Fsp3) is 0.800. The third-order valence-electron chi connectivity index (χ3n) is 6.03. The molecule has 0 amide bonds. The van der Waals surface area contributed by atoms with Crippen molar-refractivity contribution >= 4 is 0 Å². The molecule has 0 saturated carbocycles. The van der Waals surface area contributed by atoms with Gasteiger partial charge in [0.25, 0.3) is 0 Å². The van der Waals surface area contributed by atoms with E-state index in [-0.39, 0.29) is 27.1 Å². The summed E-state index contributed by atoms with van der Waals surface area (Å²) in [4.78, 5) is 0. The van der Waals surface area contributed by atoms with Gasteiger partial charge >= 0.3 is 0 Å². The largest absolute Gasteiger partial charge is 0.0601 e. The van der Waals surface area contributed by atoms with Gasteiger partial charge in [0.1, 0.15) is 0 Å². The summed E-state index contributed by atoms with van der Waals surface area (Å²) in [5.74, 6) is 0. The molecule has 173 valence electrons. The van der Waals surface area contributed by atoms with Crippen LogP contribution in [-0.4, -0.2) is 0 Å². The highest BCUT2D eigenvalue weighted by molar-refractivity contribution is 5.40. The Balaban J connectivity index is 3.68. The van der Waals surface area contributed by atoms with Crippen LogP contribution in [0.3, 0.4) is 0 Å². The molecule has 1 aromatic carbocycles. The molecular formula is C30H53. The van der Waals surface area contributed by atoms with Crippen molar-refractivity contribution < 1.29 is 0 Å². The summed E-state index contributed by atoms with van der Waals surface area (Å²) < 4.78 is 0. The standard InChI is InChI=1S/C30H53/c1-25(2,3)19-28(10,11)22-16-23(29(12,13)20-26(4,5)6)18-24(17-22)30(14,15)21-27(7,8)9/h16-17H,19-21H2,1-15H3. The van der Waals surface area contributed by atoms with Crippen LogP contribution in [0.25, 0.3) is 0 Å². The van der Waals surface area contributed by atoms with Gasteiger partial charge in [-0.15, -0.1) is 0 Å². The van der Waals surface area contributed by atoms with Crippen molar-refractivity contribution in [3.05, 3.63) is 34.9 Å². The molecule has 0 aliphatic rings. The summed E-state index contributed by atoms with van der Waals surface area (Å²) in [6, 6.07) is 8.91. The van der Waals surface area contributed by atoms with E-state index in [9.17, 15) is 0 Å². The zero-order valence-corrected chi connectivity index (χ0v) is 23.3. The summed E-state index contributed by atoms with van der Waals surface area (Å²) >= 11 is 0. The molecule has 30 heavy (non-hydrogen) atoms. The maximum atomic E-state index is 3.95. The van der Waals surface area contributed by atoms with Crippen molar-refractivity contribution in [3.8, 4) is 0 Å². The zero-order chi connectivity index (χ0) is 24.0. The second-order valence-electron chi connectivity index (χ2n) is 15.6. The van der Waals surface area contributed by atoms with Crippen molar-refractivity contribution in [2.45, 2.75) is 139 Å². The van der Waals surface area contributed by atoms with Gasteiger partial charge in [-0.3, -0.25) is 0 Å². The number of hydrogen-bond donors (Lipinski definition) is 0. The van der Waals surface area contributed by atoms with Crippen molar-refractivity contribution in [2.24, 2.45) is 16.2 Å². The van der Waals surface area contributed by atoms with E-state index in [2.05, 4.69) is 122 Å². The van der Waals surface area contributed by atoms with Gasteiger partial charge < -0.3 is 0 Å². The molecule has 0 aromatic heterocycles. The van der Waals surface area contributed by atoms with Crippen molar-refractivity contribution in [3.63, 3.8) is 0 Å². The molecule has 1 rings (SSSR count). The quantitative estimate of drug-likeness (QED) is 0.435. The highest BCUT2D eigenvalue weighted by Gasteiger charge is 2.35. The lowest BCUT2D eigenvalue weighted by molar-refractivity contribution is 0.273. The highest BCUT2D eigenvalue weighted by Crippen LogP contribution is 2.44. The number of rotatable bonds is 6. The lowest BCUT2D eigenvalue weighted by Gasteiger charge is -2.39. The first-order valence-corrected chi connectivity index (χ1v) is 12.0. The van der Waals surface area contributed by atoms with Gasteiger partial charge in [0.2, 0.25) is 0 Å². The molecule has 0 heteroatoms. The van der Waals surface area contributed by atoms with E-state index < -0.39 is 0 Å². The molecule has 0 aliphatic carbocycles. The maximum absolute atomic E-state index is 3.95. The predicted molar refractivity (Wildman–Crippen MR) is 137 cm³/mol. The Hall–Kier alpha value is -0.780. The van der Waals surface area contributed by atoms with E-state index in [0.29, 0.717) is 5.41 Å². The number of benzene rings is 1. The minimum absolute atomic E-state index is 0.0959. The fourth-order valence-corrected chi connectivity index (χ4v) is 5.96. The maximum Gasteiger partial charge on any atom is -0.00922 e. The minimum Gasteiger partial charge on any atom is -0.0601 e. The molecule has 0 unspecified atom stereocenters. The van der Waals surface area contributed by atoms with Crippen LogP contribution in [0.15, 0.2) is 12.1 Å². The van der Waals surface area contributed by atoms with E-state index in [1.165, 1.54) is 23.1 Å². The normalized spacial score (nSPS) is 14.9. The van der Waals surface area contributed by atoms with Crippen LogP contribution < -0.4 is 0 Å². The van der Waals surface area contributed by atoms with Crippen LogP contribution in [0, 0.1) is 22.3 Å². The molecule has 0 atom stereocenters. The number of hydrogen-bond acceptors (Lipinski definition) is 0. The average molecular weight is 414 g/mol. The van der Waals surface area contributed by atoms with Crippen LogP contribution in [0.1, 0.15) is 140 Å². The molecule has 0 nitrogen and oxygen atoms in total. The molecule has 0 fully saturated rings. The topological polar surface area (TPSA) is 0 Å². The second kappa shape index (κ2) is 8.29.